The van der Waals surface area contributed by atoms with Crippen molar-refractivity contribution in [2.75, 3.05) is 6.54 Å². The van der Waals surface area contributed by atoms with Gasteiger partial charge in [0.05, 0.1) is 18.0 Å². The molecule has 0 bridgehead atoms. The van der Waals surface area contributed by atoms with Gasteiger partial charge in [-0.3, -0.25) is 0 Å². The van der Waals surface area contributed by atoms with Gasteiger partial charge in [-0.25, -0.2) is 18.5 Å². The first-order valence-electron chi connectivity index (χ1n) is 7.57. The lowest BCUT2D eigenvalue weighted by atomic mass is 10.2. The van der Waals surface area contributed by atoms with E-state index < -0.39 is 10.0 Å². The predicted molar refractivity (Wildman–Crippen MR) is 114 cm³/mol. The summed E-state index contributed by atoms with van der Waals surface area (Å²) in [5.41, 5.74) is 2.04. The Morgan fingerprint density at radius 3 is 2.64 bits per heavy atom. The Balaban J connectivity index is 0.00000312. The molecule has 0 aliphatic heterocycles. The van der Waals surface area contributed by atoms with Gasteiger partial charge in [0.1, 0.15) is 0 Å². The van der Waals surface area contributed by atoms with Crippen LogP contribution in [0.4, 0.5) is 0 Å². The molecule has 0 unspecified atom stereocenters. The van der Waals surface area contributed by atoms with E-state index >= 15 is 0 Å². The first kappa shape index (κ1) is 21.9. The average Bonchev–Trinajstić information content (AvgIpc) is 2.95. The molecule has 138 valence electrons. The Hall–Kier alpha value is -1.17. The van der Waals surface area contributed by atoms with Crippen LogP contribution in [0.25, 0.3) is 0 Å². The maximum atomic E-state index is 11.4. The largest absolute Gasteiger partial charge is 0.357 e. The highest BCUT2D eigenvalue weighted by atomic mass is 127. The zero-order valence-corrected chi connectivity index (χ0v) is 18.1. The number of hydrogen-bond acceptors (Lipinski definition) is 4. The van der Waals surface area contributed by atoms with Crippen LogP contribution < -0.4 is 15.8 Å². The number of primary sulfonamides is 1. The van der Waals surface area contributed by atoms with Crippen molar-refractivity contribution in [3.8, 4) is 0 Å². The van der Waals surface area contributed by atoms with E-state index in [2.05, 4.69) is 34.0 Å². The Kier molecular flexibility index (Phi) is 8.83. The summed E-state index contributed by atoms with van der Waals surface area (Å²) < 4.78 is 22.8. The van der Waals surface area contributed by atoms with Crippen molar-refractivity contribution in [2.45, 2.75) is 31.8 Å². The number of sulfonamides is 1. The van der Waals surface area contributed by atoms with Gasteiger partial charge in [-0.2, -0.15) is 0 Å². The molecular formula is C16H23IN4O2S2. The summed E-state index contributed by atoms with van der Waals surface area (Å²) in [6.07, 6.45) is 0. The van der Waals surface area contributed by atoms with E-state index in [0.29, 0.717) is 19.0 Å². The second kappa shape index (κ2) is 10.1. The molecule has 0 saturated heterocycles. The monoisotopic (exact) mass is 494 g/mol. The lowest BCUT2D eigenvalue weighted by Crippen LogP contribution is -2.36. The second-order valence-corrected chi connectivity index (χ2v) is 7.83. The third kappa shape index (κ3) is 6.92. The molecule has 0 atom stereocenters. The van der Waals surface area contributed by atoms with Crippen LogP contribution in [0.1, 0.15) is 22.9 Å². The molecule has 0 fully saturated rings. The fourth-order valence-corrected chi connectivity index (χ4v) is 3.51. The summed E-state index contributed by atoms with van der Waals surface area (Å²) in [6.45, 7) is 5.88. The average molecular weight is 494 g/mol. The van der Waals surface area contributed by atoms with Gasteiger partial charge in [-0.1, -0.05) is 12.1 Å². The topological polar surface area (TPSA) is 96.6 Å². The number of nitrogens with two attached hydrogens (primary N) is 1. The summed E-state index contributed by atoms with van der Waals surface area (Å²) in [5.74, 6) is 0.686. The van der Waals surface area contributed by atoms with E-state index in [1.807, 2.05) is 13.0 Å². The van der Waals surface area contributed by atoms with E-state index in [-0.39, 0.29) is 28.9 Å². The van der Waals surface area contributed by atoms with Gasteiger partial charge in [0.15, 0.2) is 5.96 Å². The normalized spacial score (nSPS) is 11.7. The van der Waals surface area contributed by atoms with Crippen LogP contribution in [0.2, 0.25) is 0 Å². The summed E-state index contributed by atoms with van der Waals surface area (Å²) >= 11 is 1.70. The standard InChI is InChI=1S/C16H22N4O2S2.HI/c1-3-18-16(20-11-15-12(2)7-8-23-15)19-10-13-5-4-6-14(9-13)24(17,21)22;/h4-9H,3,10-11H2,1-2H3,(H2,17,21,22)(H2,18,19,20);1H. The first-order valence-corrected chi connectivity index (χ1v) is 9.99. The Morgan fingerprint density at radius 1 is 1.28 bits per heavy atom. The molecule has 0 saturated carbocycles. The fraction of sp³-hybridized carbons (Fsp3) is 0.312. The molecule has 2 rings (SSSR count). The Labute approximate surface area is 170 Å². The summed E-state index contributed by atoms with van der Waals surface area (Å²) in [5, 5.41) is 13.7. The maximum absolute atomic E-state index is 11.4. The highest BCUT2D eigenvalue weighted by molar-refractivity contribution is 14.0. The van der Waals surface area contributed by atoms with Crippen molar-refractivity contribution in [1.82, 2.24) is 10.6 Å². The zero-order valence-electron chi connectivity index (χ0n) is 14.2. The van der Waals surface area contributed by atoms with Crippen LogP contribution in [-0.2, 0) is 23.1 Å². The third-order valence-electron chi connectivity index (χ3n) is 3.38. The highest BCUT2D eigenvalue weighted by Gasteiger charge is 2.08. The number of aliphatic imine (C=N–C) groups is 1. The lowest BCUT2D eigenvalue weighted by molar-refractivity contribution is 0.597. The Morgan fingerprint density at radius 2 is 2.04 bits per heavy atom. The number of thiophene rings is 1. The molecule has 2 aromatic rings. The molecule has 0 aliphatic rings. The van der Waals surface area contributed by atoms with Crippen molar-refractivity contribution in [2.24, 2.45) is 10.1 Å². The molecule has 25 heavy (non-hydrogen) atoms. The maximum Gasteiger partial charge on any atom is 0.238 e. The number of guanidine groups is 1. The second-order valence-electron chi connectivity index (χ2n) is 5.27. The Bertz CT molecular complexity index is 819. The molecule has 0 radical (unpaired) electrons. The van der Waals surface area contributed by atoms with Crippen molar-refractivity contribution in [3.05, 3.63) is 51.7 Å². The van der Waals surface area contributed by atoms with E-state index in [9.17, 15) is 8.42 Å². The van der Waals surface area contributed by atoms with Gasteiger partial charge in [0.25, 0.3) is 0 Å². The van der Waals surface area contributed by atoms with Crippen molar-refractivity contribution >= 4 is 51.3 Å². The number of halogens is 1. The van der Waals surface area contributed by atoms with Gasteiger partial charge in [-0.15, -0.1) is 35.3 Å². The summed E-state index contributed by atoms with van der Waals surface area (Å²) in [7, 11) is -3.70. The van der Waals surface area contributed by atoms with Crippen LogP contribution in [0.3, 0.4) is 0 Å². The molecule has 1 aromatic heterocycles. The van der Waals surface area contributed by atoms with Crippen LogP contribution in [0.15, 0.2) is 45.6 Å². The molecule has 0 aliphatic carbocycles. The number of aryl methyl sites for hydroxylation is 1. The van der Waals surface area contributed by atoms with E-state index in [0.717, 1.165) is 12.1 Å². The van der Waals surface area contributed by atoms with Crippen molar-refractivity contribution < 1.29 is 8.42 Å². The van der Waals surface area contributed by atoms with E-state index in [1.165, 1.54) is 16.5 Å². The van der Waals surface area contributed by atoms with Gasteiger partial charge in [-0.05, 0) is 48.6 Å². The molecular weight excluding hydrogens is 471 g/mol. The first-order chi connectivity index (χ1) is 11.4. The summed E-state index contributed by atoms with van der Waals surface area (Å²) in [4.78, 5) is 5.86. The smallest absolute Gasteiger partial charge is 0.238 e. The zero-order chi connectivity index (χ0) is 17.6. The van der Waals surface area contributed by atoms with Gasteiger partial charge >= 0.3 is 0 Å². The molecule has 0 amide bonds. The van der Waals surface area contributed by atoms with Gasteiger partial charge in [0.2, 0.25) is 10.0 Å². The minimum Gasteiger partial charge on any atom is -0.357 e. The fourth-order valence-electron chi connectivity index (χ4n) is 2.08. The van der Waals surface area contributed by atoms with E-state index in [1.54, 1.807) is 23.5 Å². The van der Waals surface area contributed by atoms with Crippen LogP contribution in [-0.4, -0.2) is 20.9 Å². The number of nitrogens with zero attached hydrogens (tertiary/aromatic N) is 1. The molecule has 6 nitrogen and oxygen atoms in total. The number of rotatable bonds is 6. The number of nitrogens with one attached hydrogen (secondary N) is 2. The van der Waals surface area contributed by atoms with Crippen molar-refractivity contribution in [3.63, 3.8) is 0 Å². The lowest BCUT2D eigenvalue weighted by Gasteiger charge is -2.11. The summed E-state index contributed by atoms with van der Waals surface area (Å²) in [6, 6.07) is 8.60. The van der Waals surface area contributed by atoms with Crippen LogP contribution in [0, 0.1) is 6.92 Å². The number of hydrogen-bond donors (Lipinski definition) is 3. The molecule has 1 aromatic carbocycles. The SMILES string of the molecule is CCNC(=NCc1cccc(S(N)(=O)=O)c1)NCc1sccc1C.I. The predicted octanol–water partition coefficient (Wildman–Crippen LogP) is 2.58. The molecule has 9 heteroatoms. The molecule has 0 spiro atoms. The highest BCUT2D eigenvalue weighted by Crippen LogP contribution is 2.15. The quantitative estimate of drug-likeness (QED) is 0.327. The van der Waals surface area contributed by atoms with Gasteiger partial charge in [0, 0.05) is 11.4 Å². The van der Waals surface area contributed by atoms with Crippen LogP contribution in [0.5, 0.6) is 0 Å². The van der Waals surface area contributed by atoms with Gasteiger partial charge < -0.3 is 10.6 Å². The minimum absolute atomic E-state index is 0. The number of benzene rings is 1. The molecule has 4 N–H and O–H groups in total. The van der Waals surface area contributed by atoms with Crippen molar-refractivity contribution in [1.29, 1.82) is 0 Å². The van der Waals surface area contributed by atoms with E-state index in [4.69, 9.17) is 5.14 Å². The van der Waals surface area contributed by atoms with Crippen LogP contribution >= 0.6 is 35.3 Å². The molecule has 1 heterocycles. The minimum atomic E-state index is -3.70. The third-order valence-corrected chi connectivity index (χ3v) is 5.31.